The largest absolute Gasteiger partial charge is 0.392 e. The molecule has 0 saturated heterocycles. The Morgan fingerprint density at radius 3 is 2.50 bits per heavy atom. The van der Waals surface area contributed by atoms with Gasteiger partial charge in [0.1, 0.15) is 0 Å². The van der Waals surface area contributed by atoms with Crippen molar-refractivity contribution in [2.75, 3.05) is 6.26 Å². The predicted molar refractivity (Wildman–Crippen MR) is 60.7 cm³/mol. The third-order valence-electron chi connectivity index (χ3n) is 2.64. The molecule has 2 rings (SSSR count). The lowest BCUT2D eigenvalue weighted by molar-refractivity contribution is 0.171. The molecule has 1 aliphatic carbocycles. The molecule has 1 nitrogen and oxygen atoms in total. The third-order valence-corrected chi connectivity index (χ3v) is 3.38. The molecule has 0 amide bonds. The lowest BCUT2D eigenvalue weighted by atomic mass is 9.97. The second-order valence-corrected chi connectivity index (χ2v) is 4.41. The fraction of sp³-hybridized carbons (Fsp3) is 0.333. The van der Waals surface area contributed by atoms with Gasteiger partial charge in [-0.25, -0.2) is 0 Å². The number of hydrogen-bond acceptors (Lipinski definition) is 2. The van der Waals surface area contributed by atoms with Crippen molar-refractivity contribution in [1.82, 2.24) is 0 Å². The average molecular weight is 206 g/mol. The highest BCUT2D eigenvalue weighted by atomic mass is 32.2. The van der Waals surface area contributed by atoms with E-state index in [1.54, 1.807) is 11.8 Å². The smallest absolute Gasteiger partial charge is 0.0677 e. The number of benzene rings is 1. The first-order valence-corrected chi connectivity index (χ1v) is 6.02. The van der Waals surface area contributed by atoms with Gasteiger partial charge in [-0.2, -0.15) is 0 Å². The van der Waals surface area contributed by atoms with E-state index in [0.717, 1.165) is 6.42 Å². The van der Waals surface area contributed by atoms with E-state index in [0.29, 0.717) is 0 Å². The zero-order valence-electron chi connectivity index (χ0n) is 8.18. The molecule has 0 heterocycles. The molecule has 0 bridgehead atoms. The van der Waals surface area contributed by atoms with Crippen LogP contribution in [0.25, 0.3) is 0 Å². The zero-order chi connectivity index (χ0) is 9.97. The summed E-state index contributed by atoms with van der Waals surface area (Å²) in [5.41, 5.74) is 1.21. The van der Waals surface area contributed by atoms with Crippen molar-refractivity contribution in [3.8, 4) is 0 Å². The van der Waals surface area contributed by atoms with Crippen LogP contribution in [0.2, 0.25) is 0 Å². The van der Waals surface area contributed by atoms with Crippen molar-refractivity contribution in [3.05, 3.63) is 42.0 Å². The lowest BCUT2D eigenvalue weighted by Gasteiger charge is -2.14. The van der Waals surface area contributed by atoms with Gasteiger partial charge in [0.25, 0.3) is 0 Å². The monoisotopic (exact) mass is 206 g/mol. The molecule has 2 heteroatoms. The topological polar surface area (TPSA) is 20.2 Å². The van der Waals surface area contributed by atoms with Crippen LogP contribution in [0.15, 0.2) is 41.3 Å². The minimum absolute atomic E-state index is 0.200. The van der Waals surface area contributed by atoms with E-state index in [1.165, 1.54) is 10.5 Å². The van der Waals surface area contributed by atoms with Gasteiger partial charge in [-0.05, 0) is 30.4 Å². The summed E-state index contributed by atoms with van der Waals surface area (Å²) in [5, 5.41) is 9.70. The summed E-state index contributed by atoms with van der Waals surface area (Å²) in [6, 6.07) is 8.43. The fourth-order valence-corrected chi connectivity index (χ4v) is 2.21. The van der Waals surface area contributed by atoms with E-state index in [9.17, 15) is 5.11 Å². The summed E-state index contributed by atoms with van der Waals surface area (Å²) in [7, 11) is 0. The minimum Gasteiger partial charge on any atom is -0.392 e. The predicted octanol–water partition coefficient (Wildman–Crippen LogP) is 2.81. The Hall–Kier alpha value is -0.730. The molecule has 0 aliphatic heterocycles. The van der Waals surface area contributed by atoms with Gasteiger partial charge < -0.3 is 5.11 Å². The molecule has 2 atom stereocenters. The van der Waals surface area contributed by atoms with Crippen LogP contribution in [0.1, 0.15) is 17.9 Å². The number of aliphatic hydroxyl groups excluding tert-OH is 1. The van der Waals surface area contributed by atoms with Crippen molar-refractivity contribution < 1.29 is 5.11 Å². The summed E-state index contributed by atoms with van der Waals surface area (Å²) in [6.45, 7) is 0. The van der Waals surface area contributed by atoms with Gasteiger partial charge in [0.2, 0.25) is 0 Å². The Kier molecular flexibility index (Phi) is 2.94. The van der Waals surface area contributed by atoms with E-state index in [1.807, 2.05) is 0 Å². The maximum Gasteiger partial charge on any atom is 0.0677 e. The zero-order valence-corrected chi connectivity index (χ0v) is 9.00. The third kappa shape index (κ3) is 1.86. The molecule has 0 spiro atoms. The van der Waals surface area contributed by atoms with Crippen LogP contribution in [0.4, 0.5) is 0 Å². The minimum atomic E-state index is -0.227. The Balaban J connectivity index is 2.20. The van der Waals surface area contributed by atoms with Crippen molar-refractivity contribution in [3.63, 3.8) is 0 Å². The van der Waals surface area contributed by atoms with E-state index in [-0.39, 0.29) is 12.0 Å². The maximum absolute atomic E-state index is 9.70. The van der Waals surface area contributed by atoms with Gasteiger partial charge in [-0.3, -0.25) is 0 Å². The normalized spacial score (nSPS) is 25.6. The number of rotatable bonds is 2. The lowest BCUT2D eigenvalue weighted by Crippen LogP contribution is -2.11. The second-order valence-electron chi connectivity index (χ2n) is 3.53. The molecular formula is C12H14OS. The van der Waals surface area contributed by atoms with Crippen molar-refractivity contribution >= 4 is 11.8 Å². The van der Waals surface area contributed by atoms with Gasteiger partial charge in [-0.15, -0.1) is 11.8 Å². The summed E-state index contributed by atoms with van der Waals surface area (Å²) < 4.78 is 0. The Labute approximate surface area is 88.8 Å². The molecule has 14 heavy (non-hydrogen) atoms. The molecule has 1 N–H and O–H groups in total. The van der Waals surface area contributed by atoms with E-state index < -0.39 is 0 Å². The molecule has 1 aromatic rings. The highest BCUT2D eigenvalue weighted by molar-refractivity contribution is 7.98. The Morgan fingerprint density at radius 2 is 2.00 bits per heavy atom. The second kappa shape index (κ2) is 4.20. The van der Waals surface area contributed by atoms with Crippen LogP contribution >= 0.6 is 11.8 Å². The number of hydrogen-bond donors (Lipinski definition) is 1. The van der Waals surface area contributed by atoms with Crippen LogP contribution in [0.5, 0.6) is 0 Å². The summed E-state index contributed by atoms with van der Waals surface area (Å²) in [5.74, 6) is 0.200. The van der Waals surface area contributed by atoms with Gasteiger partial charge >= 0.3 is 0 Å². The van der Waals surface area contributed by atoms with Gasteiger partial charge in [0.05, 0.1) is 6.10 Å². The Morgan fingerprint density at radius 1 is 1.29 bits per heavy atom. The summed E-state index contributed by atoms with van der Waals surface area (Å²) in [6.07, 6.45) is 6.78. The molecule has 1 aliphatic rings. The van der Waals surface area contributed by atoms with E-state index >= 15 is 0 Å². The summed E-state index contributed by atoms with van der Waals surface area (Å²) in [4.78, 5) is 1.27. The first kappa shape index (κ1) is 9.81. The molecule has 1 aromatic carbocycles. The van der Waals surface area contributed by atoms with Crippen LogP contribution in [0, 0.1) is 0 Å². The molecule has 0 aromatic heterocycles. The number of aliphatic hydroxyl groups is 1. The molecule has 74 valence electrons. The fourth-order valence-electron chi connectivity index (χ4n) is 1.80. The summed E-state index contributed by atoms with van der Waals surface area (Å²) >= 11 is 1.74. The maximum atomic E-state index is 9.70. The SMILES string of the molecule is CSc1ccc([C@@H]2C=CC[C@H]2O)cc1. The van der Waals surface area contributed by atoms with Crippen LogP contribution in [-0.2, 0) is 0 Å². The van der Waals surface area contributed by atoms with Crippen LogP contribution in [-0.4, -0.2) is 17.5 Å². The molecular weight excluding hydrogens is 192 g/mol. The average Bonchev–Trinajstić information content (AvgIpc) is 2.65. The van der Waals surface area contributed by atoms with Crippen LogP contribution < -0.4 is 0 Å². The van der Waals surface area contributed by atoms with Gasteiger partial charge in [0.15, 0.2) is 0 Å². The quantitative estimate of drug-likeness (QED) is 0.593. The highest BCUT2D eigenvalue weighted by Crippen LogP contribution is 2.29. The van der Waals surface area contributed by atoms with Crippen LogP contribution in [0.3, 0.4) is 0 Å². The highest BCUT2D eigenvalue weighted by Gasteiger charge is 2.21. The first-order chi connectivity index (χ1) is 6.81. The van der Waals surface area contributed by atoms with Crippen molar-refractivity contribution in [2.24, 2.45) is 0 Å². The van der Waals surface area contributed by atoms with E-state index in [2.05, 4.69) is 42.7 Å². The van der Waals surface area contributed by atoms with Crippen molar-refractivity contribution in [1.29, 1.82) is 0 Å². The number of thioether (sulfide) groups is 1. The van der Waals surface area contributed by atoms with E-state index in [4.69, 9.17) is 0 Å². The van der Waals surface area contributed by atoms with Gasteiger partial charge in [0, 0.05) is 10.8 Å². The Bertz CT molecular complexity index is 329. The van der Waals surface area contributed by atoms with Crippen molar-refractivity contribution in [2.45, 2.75) is 23.3 Å². The molecule has 0 radical (unpaired) electrons. The molecule has 0 saturated carbocycles. The molecule has 0 fully saturated rings. The van der Waals surface area contributed by atoms with Gasteiger partial charge in [-0.1, -0.05) is 24.3 Å². The first-order valence-electron chi connectivity index (χ1n) is 4.80. The standard InChI is InChI=1S/C12H14OS/c1-14-10-7-5-9(6-8-10)11-3-2-4-12(11)13/h2-3,5-8,11-13H,4H2,1H3/t11-,12+/m0/s1. The molecule has 0 unspecified atom stereocenters.